The number of rotatable bonds is 0. The van der Waals surface area contributed by atoms with Gasteiger partial charge >= 0.3 is 6.03 Å². The van der Waals surface area contributed by atoms with Gasteiger partial charge in [0.05, 0.1) is 6.54 Å². The predicted molar refractivity (Wildman–Crippen MR) is 33.2 cm³/mol. The fourth-order valence-electron chi connectivity index (χ4n) is 0.667. The van der Waals surface area contributed by atoms with Crippen LogP contribution in [0.5, 0.6) is 0 Å². The van der Waals surface area contributed by atoms with Gasteiger partial charge in [-0.1, -0.05) is 6.08 Å². The molecule has 0 aliphatic carbocycles. The molecule has 0 bridgehead atoms. The molecule has 0 radical (unpaired) electrons. The molecular formula is C5H9N3O. The minimum Gasteiger partial charge on any atom is -0.309 e. The van der Waals surface area contributed by atoms with Gasteiger partial charge in [-0.2, -0.15) is 0 Å². The summed E-state index contributed by atoms with van der Waals surface area (Å²) in [6.45, 7) is 2.35. The predicted octanol–water partition coefficient (Wildman–Crippen LogP) is -0.211. The monoisotopic (exact) mass is 127 g/mol. The van der Waals surface area contributed by atoms with Crippen molar-refractivity contribution in [1.82, 2.24) is 10.3 Å². The van der Waals surface area contributed by atoms with Crippen molar-refractivity contribution < 1.29 is 4.79 Å². The van der Waals surface area contributed by atoms with Gasteiger partial charge in [0.2, 0.25) is 0 Å². The van der Waals surface area contributed by atoms with Gasteiger partial charge in [-0.3, -0.25) is 5.01 Å². The Hall–Kier alpha value is -1.03. The van der Waals surface area contributed by atoms with Crippen LogP contribution in [-0.4, -0.2) is 17.6 Å². The SMILES string of the molecule is CC=C1CN(N)C(=O)N1. The third-order valence-corrected chi connectivity index (χ3v) is 1.22. The van der Waals surface area contributed by atoms with Crippen LogP contribution in [0.1, 0.15) is 6.92 Å². The molecule has 3 N–H and O–H groups in total. The van der Waals surface area contributed by atoms with E-state index in [1.54, 1.807) is 0 Å². The second-order valence-corrected chi connectivity index (χ2v) is 1.87. The molecule has 0 atom stereocenters. The summed E-state index contributed by atoms with van der Waals surface area (Å²) in [6, 6.07) is -0.233. The second-order valence-electron chi connectivity index (χ2n) is 1.87. The van der Waals surface area contributed by atoms with Crippen LogP contribution in [0, 0.1) is 0 Å². The van der Waals surface area contributed by atoms with E-state index in [0.29, 0.717) is 6.54 Å². The first kappa shape index (κ1) is 6.10. The van der Waals surface area contributed by atoms with Crippen molar-refractivity contribution in [2.75, 3.05) is 6.54 Å². The molecule has 1 fully saturated rings. The first-order chi connectivity index (χ1) is 4.24. The van der Waals surface area contributed by atoms with Gasteiger partial charge < -0.3 is 5.32 Å². The number of hydrazine groups is 1. The number of allylic oxidation sites excluding steroid dienone is 1. The van der Waals surface area contributed by atoms with E-state index in [-0.39, 0.29) is 6.03 Å². The van der Waals surface area contributed by atoms with Crippen molar-refractivity contribution in [3.05, 3.63) is 11.8 Å². The Morgan fingerprint density at radius 2 is 2.56 bits per heavy atom. The van der Waals surface area contributed by atoms with E-state index in [9.17, 15) is 4.79 Å². The zero-order valence-corrected chi connectivity index (χ0v) is 5.22. The molecule has 0 aromatic rings. The van der Waals surface area contributed by atoms with Gasteiger partial charge in [-0.25, -0.2) is 10.6 Å². The highest BCUT2D eigenvalue weighted by molar-refractivity contribution is 5.78. The number of nitrogens with two attached hydrogens (primary N) is 1. The first-order valence-electron chi connectivity index (χ1n) is 2.72. The standard InChI is InChI=1S/C5H9N3O/c1-2-4-3-8(6)5(9)7-4/h2H,3,6H2,1H3,(H,7,9). The zero-order valence-electron chi connectivity index (χ0n) is 5.22. The highest BCUT2D eigenvalue weighted by Crippen LogP contribution is 2.00. The van der Waals surface area contributed by atoms with Crippen LogP contribution in [0.25, 0.3) is 0 Å². The molecule has 50 valence electrons. The molecule has 0 spiro atoms. The first-order valence-corrected chi connectivity index (χ1v) is 2.72. The van der Waals surface area contributed by atoms with E-state index in [1.807, 2.05) is 13.0 Å². The van der Waals surface area contributed by atoms with Crippen molar-refractivity contribution in [2.24, 2.45) is 5.84 Å². The summed E-state index contributed by atoms with van der Waals surface area (Å²) in [6.07, 6.45) is 1.82. The van der Waals surface area contributed by atoms with E-state index in [1.165, 1.54) is 0 Å². The van der Waals surface area contributed by atoms with Crippen LogP contribution in [-0.2, 0) is 0 Å². The lowest BCUT2D eigenvalue weighted by Crippen LogP contribution is -2.34. The van der Waals surface area contributed by atoms with Crippen molar-refractivity contribution >= 4 is 6.03 Å². The zero-order chi connectivity index (χ0) is 6.85. The van der Waals surface area contributed by atoms with Crippen LogP contribution < -0.4 is 11.2 Å². The van der Waals surface area contributed by atoms with Crippen molar-refractivity contribution in [2.45, 2.75) is 6.92 Å². The summed E-state index contributed by atoms with van der Waals surface area (Å²) >= 11 is 0. The molecule has 0 aromatic carbocycles. The Kier molecular flexibility index (Phi) is 1.40. The maximum absolute atomic E-state index is 10.6. The smallest absolute Gasteiger partial charge is 0.309 e. The lowest BCUT2D eigenvalue weighted by molar-refractivity contribution is 0.218. The van der Waals surface area contributed by atoms with Crippen molar-refractivity contribution in [3.63, 3.8) is 0 Å². The average molecular weight is 127 g/mol. The normalized spacial score (nSPS) is 23.1. The van der Waals surface area contributed by atoms with E-state index in [4.69, 9.17) is 5.84 Å². The molecule has 0 unspecified atom stereocenters. The second kappa shape index (κ2) is 2.06. The molecule has 4 heteroatoms. The number of nitrogens with one attached hydrogen (secondary N) is 1. The summed E-state index contributed by atoms with van der Waals surface area (Å²) in [4.78, 5) is 10.6. The lowest BCUT2D eigenvalue weighted by atomic mass is 10.4. The Morgan fingerprint density at radius 3 is 2.78 bits per heavy atom. The van der Waals surface area contributed by atoms with E-state index in [0.717, 1.165) is 10.7 Å². The van der Waals surface area contributed by atoms with Crippen LogP contribution in [0.4, 0.5) is 4.79 Å². The molecule has 1 saturated heterocycles. The molecule has 0 saturated carbocycles. The summed E-state index contributed by atoms with van der Waals surface area (Å²) in [5.74, 6) is 5.22. The summed E-state index contributed by atoms with van der Waals surface area (Å²) in [5, 5.41) is 3.71. The minimum absolute atomic E-state index is 0.233. The van der Waals surface area contributed by atoms with Gasteiger partial charge in [0.1, 0.15) is 0 Å². The summed E-state index contributed by atoms with van der Waals surface area (Å²) in [7, 11) is 0. The van der Waals surface area contributed by atoms with E-state index in [2.05, 4.69) is 5.32 Å². The Morgan fingerprint density at radius 1 is 1.89 bits per heavy atom. The molecule has 1 aliphatic heterocycles. The highest BCUT2D eigenvalue weighted by Gasteiger charge is 2.19. The van der Waals surface area contributed by atoms with Crippen LogP contribution in [0.3, 0.4) is 0 Å². The van der Waals surface area contributed by atoms with Gasteiger partial charge in [0, 0.05) is 5.70 Å². The molecule has 0 aromatic heterocycles. The average Bonchev–Trinajstić information content (AvgIpc) is 2.13. The molecule has 9 heavy (non-hydrogen) atoms. The number of hydrogen-bond donors (Lipinski definition) is 2. The van der Waals surface area contributed by atoms with Gasteiger partial charge in [0.25, 0.3) is 0 Å². The Balaban J connectivity index is 2.65. The number of urea groups is 1. The number of amides is 2. The summed E-state index contributed by atoms with van der Waals surface area (Å²) < 4.78 is 0. The van der Waals surface area contributed by atoms with Crippen molar-refractivity contribution in [3.8, 4) is 0 Å². The topological polar surface area (TPSA) is 58.4 Å². The molecule has 1 rings (SSSR count). The van der Waals surface area contributed by atoms with Crippen LogP contribution >= 0.6 is 0 Å². The lowest BCUT2D eigenvalue weighted by Gasteiger charge is -2.00. The fourth-order valence-corrected chi connectivity index (χ4v) is 0.667. The van der Waals surface area contributed by atoms with Crippen molar-refractivity contribution in [1.29, 1.82) is 0 Å². The van der Waals surface area contributed by atoms with Gasteiger partial charge in [0.15, 0.2) is 0 Å². The van der Waals surface area contributed by atoms with Crippen LogP contribution in [0.15, 0.2) is 11.8 Å². The highest BCUT2D eigenvalue weighted by atomic mass is 16.2. The molecule has 1 heterocycles. The van der Waals surface area contributed by atoms with Crippen LogP contribution in [0.2, 0.25) is 0 Å². The fraction of sp³-hybridized carbons (Fsp3) is 0.400. The number of hydrogen-bond acceptors (Lipinski definition) is 2. The maximum Gasteiger partial charge on any atom is 0.336 e. The summed E-state index contributed by atoms with van der Waals surface area (Å²) in [5.41, 5.74) is 0.863. The number of carbonyl (C=O) groups excluding carboxylic acids is 1. The number of carbonyl (C=O) groups is 1. The van der Waals surface area contributed by atoms with E-state index >= 15 is 0 Å². The third kappa shape index (κ3) is 1.02. The van der Waals surface area contributed by atoms with Gasteiger partial charge in [-0.05, 0) is 6.92 Å². The third-order valence-electron chi connectivity index (χ3n) is 1.22. The number of nitrogens with zero attached hydrogens (tertiary/aromatic N) is 1. The maximum atomic E-state index is 10.6. The molecule has 2 amide bonds. The molecule has 1 aliphatic rings. The quantitative estimate of drug-likeness (QED) is 0.349. The Bertz CT molecular complexity index is 164. The molecule has 4 nitrogen and oxygen atoms in total. The van der Waals surface area contributed by atoms with E-state index < -0.39 is 0 Å². The Labute approximate surface area is 53.3 Å². The minimum atomic E-state index is -0.233. The largest absolute Gasteiger partial charge is 0.336 e. The van der Waals surface area contributed by atoms with Gasteiger partial charge in [-0.15, -0.1) is 0 Å². The molecular weight excluding hydrogens is 118 g/mol.